The number of nitrogens with zero attached hydrogens (tertiary/aromatic N) is 2. The number of carbonyl (C=O) groups is 4. The predicted molar refractivity (Wildman–Crippen MR) is 229 cm³/mol. The van der Waals surface area contributed by atoms with E-state index >= 15 is 0 Å². The second kappa shape index (κ2) is 25.5. The number of cyclic esters (lactones) is 1. The smallest absolute Gasteiger partial charge is 0.547 e. The molecule has 0 spiro atoms. The molecule has 3 saturated heterocycles. The molecule has 3 fully saturated rings. The van der Waals surface area contributed by atoms with Crippen molar-refractivity contribution in [3.05, 3.63) is 0 Å². The number of aliphatic hydroxyl groups is 6. The van der Waals surface area contributed by atoms with Crippen LogP contribution in [0.4, 0.5) is 0 Å². The van der Waals surface area contributed by atoms with E-state index in [4.69, 9.17) is 43.7 Å². The van der Waals surface area contributed by atoms with E-state index < -0.39 is 132 Å². The van der Waals surface area contributed by atoms with Gasteiger partial charge in [0.15, 0.2) is 12.6 Å². The zero-order chi connectivity index (χ0) is 50.3. The molecule has 0 radical (unpaired) electrons. The first-order valence-corrected chi connectivity index (χ1v) is 22.3. The van der Waals surface area contributed by atoms with Crippen LogP contribution >= 0.6 is 0 Å². The average Bonchev–Trinajstić information content (AvgIpc) is 3.18. The number of hydrogen-bond donors (Lipinski definition) is 8. The number of methoxy groups -OCH3 is 1. The van der Waals surface area contributed by atoms with Gasteiger partial charge in [0.25, 0.3) is 0 Å². The Morgan fingerprint density at radius 1 is 0.924 bits per heavy atom. The maximum absolute atomic E-state index is 14.2. The van der Waals surface area contributed by atoms with E-state index in [9.17, 15) is 49.8 Å². The maximum atomic E-state index is 14.2. The molecular formula is C44H79N2NaO19. The van der Waals surface area contributed by atoms with Crippen molar-refractivity contribution < 1.29 is 123 Å². The summed E-state index contributed by atoms with van der Waals surface area (Å²) in [6.45, 7) is 18.0. The standard InChI is InChI=1S/C38H72N2O12.C6H8O7.Na/c1-15-27-38(10,46)31(42)24(6)40(13)19-20(2)17-36(8,45)33(52-35-29(41)26(39(11)12)16-21(3)48-35)22(4)30(23(5)34(44)50-27)51-28-18-37(9,47-14)32(43)25(7)49-28;7-3(8)1-6(13,5(11)12)2-4(9)10;/h20-33,35,41-43,45-46H,15-19H2,1-14H3;13H,1-2H2,(H,7,8)(H,9,10)(H,11,12);/q;;+1/p-1/t20-,21-,22+,23-,24-,25+,26+,27-,28+,29-,30+,31-,32+,33-,35+,36-,37-,38-;;/m1../s1. The van der Waals surface area contributed by atoms with E-state index in [1.165, 1.54) is 14.0 Å². The Kier molecular flexibility index (Phi) is 24.1. The number of ether oxygens (including phenoxy) is 6. The number of rotatable bonds is 12. The third-order valence-electron chi connectivity index (χ3n) is 13.5. The summed E-state index contributed by atoms with van der Waals surface area (Å²) in [5, 5.41) is 93.7. The Balaban J connectivity index is 0.00000135. The summed E-state index contributed by atoms with van der Waals surface area (Å²) < 4.78 is 37.5. The van der Waals surface area contributed by atoms with Gasteiger partial charge in [-0.2, -0.15) is 0 Å². The van der Waals surface area contributed by atoms with E-state index in [1.807, 2.05) is 51.7 Å². The molecule has 380 valence electrons. The largest absolute Gasteiger partial charge is 1.00 e. The van der Waals surface area contributed by atoms with Crippen molar-refractivity contribution in [3.63, 3.8) is 0 Å². The fourth-order valence-corrected chi connectivity index (χ4v) is 9.44. The molecule has 0 aliphatic carbocycles. The van der Waals surface area contributed by atoms with Crippen LogP contribution in [0.25, 0.3) is 0 Å². The van der Waals surface area contributed by atoms with Crippen LogP contribution in [0.3, 0.4) is 0 Å². The topological polar surface area (TPSA) is 315 Å². The quantitative estimate of drug-likeness (QED) is 0.0690. The number of aliphatic carboxylic acids is 3. The second-order valence-corrected chi connectivity index (χ2v) is 19.6. The summed E-state index contributed by atoms with van der Waals surface area (Å²) in [4.78, 5) is 48.4. The van der Waals surface area contributed by atoms with Crippen molar-refractivity contribution >= 4 is 23.9 Å². The van der Waals surface area contributed by atoms with Gasteiger partial charge in [-0.25, -0.2) is 0 Å². The minimum absolute atomic E-state index is 0. The van der Waals surface area contributed by atoms with Crippen molar-refractivity contribution in [1.29, 1.82) is 0 Å². The monoisotopic (exact) mass is 963 g/mol. The molecule has 0 aromatic heterocycles. The van der Waals surface area contributed by atoms with Gasteiger partial charge in [0.1, 0.15) is 35.6 Å². The van der Waals surface area contributed by atoms with Gasteiger partial charge in [-0.3, -0.25) is 14.4 Å². The zero-order valence-corrected chi connectivity index (χ0v) is 43.6. The fourth-order valence-electron chi connectivity index (χ4n) is 9.44. The van der Waals surface area contributed by atoms with E-state index in [0.29, 0.717) is 13.0 Å². The van der Waals surface area contributed by atoms with Crippen molar-refractivity contribution in [2.45, 2.75) is 204 Å². The van der Waals surface area contributed by atoms with E-state index in [1.54, 1.807) is 41.5 Å². The number of carboxylic acids is 3. The first-order chi connectivity index (χ1) is 29.7. The normalized spacial score (nSPS) is 41.2. The molecule has 0 aromatic rings. The molecule has 3 aliphatic heterocycles. The van der Waals surface area contributed by atoms with Crippen LogP contribution in [0.1, 0.15) is 108 Å². The number of likely N-dealkylation sites (N-methyl/N-ethyl adjacent to an activating group) is 2. The van der Waals surface area contributed by atoms with Crippen LogP contribution in [-0.2, 0) is 47.6 Å². The Labute approximate surface area is 411 Å². The number of carboxylic acid groups (broad SMARTS) is 3. The summed E-state index contributed by atoms with van der Waals surface area (Å²) in [6.07, 6.45) is -10.6. The van der Waals surface area contributed by atoms with Gasteiger partial charge in [-0.05, 0) is 94.8 Å². The molecule has 8 N–H and O–H groups in total. The number of carbonyl (C=O) groups excluding carboxylic acids is 2. The maximum Gasteiger partial charge on any atom is 1.00 e. The van der Waals surface area contributed by atoms with Crippen LogP contribution in [0.2, 0.25) is 0 Å². The molecular weight excluding hydrogens is 883 g/mol. The Morgan fingerprint density at radius 3 is 1.94 bits per heavy atom. The van der Waals surface area contributed by atoms with Crippen molar-refractivity contribution in [3.8, 4) is 0 Å². The predicted octanol–water partition coefficient (Wildman–Crippen LogP) is -3.68. The molecule has 18 atom stereocenters. The van der Waals surface area contributed by atoms with E-state index in [0.717, 1.165) is 0 Å². The van der Waals surface area contributed by atoms with Gasteiger partial charge in [0.05, 0.1) is 60.3 Å². The summed E-state index contributed by atoms with van der Waals surface area (Å²) in [5.41, 5.74) is -7.22. The number of esters is 1. The van der Waals surface area contributed by atoms with Crippen molar-refractivity contribution in [2.24, 2.45) is 17.8 Å². The van der Waals surface area contributed by atoms with E-state index in [-0.39, 0.29) is 66.9 Å². The molecule has 22 heteroatoms. The average molecular weight is 963 g/mol. The van der Waals surface area contributed by atoms with Crippen LogP contribution in [0, 0.1) is 17.8 Å². The SMILES string of the molecule is CC[C@H]1OC(=O)[C@H](C)[C@@H](O[C@H]2C[C@@](C)(OC)[C@@H](O)[C@H](C)O2)[C@H](C)[C@@H](O[C@@H]2O[C@H](C)C[C@H](N(C)C)[C@H]2O)[C@](C)(O)C[C@@H](C)CN(C)[C@H](C)[C@@H](O)[C@]1(C)O.O=C(O)CC(O)(CC(=O)O)C(=O)[O-].[Na+]. The fraction of sp³-hybridized carbons (Fsp3) is 0.909. The minimum atomic E-state index is -2.85. The Hall–Kier alpha value is -1.64. The minimum Gasteiger partial charge on any atom is -0.547 e. The second-order valence-electron chi connectivity index (χ2n) is 19.6. The van der Waals surface area contributed by atoms with Gasteiger partial charge in [-0.1, -0.05) is 20.8 Å². The summed E-state index contributed by atoms with van der Waals surface area (Å²) in [7, 11) is 7.12. The molecule has 66 heavy (non-hydrogen) atoms. The first kappa shape index (κ1) is 62.4. The zero-order valence-electron chi connectivity index (χ0n) is 41.6. The molecule has 0 amide bonds. The molecule has 3 rings (SSSR count). The van der Waals surface area contributed by atoms with Crippen LogP contribution < -0.4 is 34.7 Å². The molecule has 0 saturated carbocycles. The van der Waals surface area contributed by atoms with Crippen LogP contribution in [-0.4, -0.2) is 205 Å². The summed E-state index contributed by atoms with van der Waals surface area (Å²) in [5.74, 6) is -7.93. The molecule has 0 unspecified atom stereocenters. The van der Waals surface area contributed by atoms with E-state index in [2.05, 4.69) is 0 Å². The Morgan fingerprint density at radius 2 is 1.47 bits per heavy atom. The van der Waals surface area contributed by atoms with Gasteiger partial charge in [0.2, 0.25) is 0 Å². The molecule has 3 heterocycles. The summed E-state index contributed by atoms with van der Waals surface area (Å²) in [6, 6.07) is -0.808. The third kappa shape index (κ3) is 15.9. The summed E-state index contributed by atoms with van der Waals surface area (Å²) >= 11 is 0. The molecule has 0 aromatic carbocycles. The van der Waals surface area contributed by atoms with Crippen molar-refractivity contribution in [2.75, 3.05) is 34.8 Å². The molecule has 0 bridgehead atoms. The van der Waals surface area contributed by atoms with Crippen LogP contribution in [0.15, 0.2) is 0 Å². The van der Waals surface area contributed by atoms with Gasteiger partial charge in [0, 0.05) is 38.1 Å². The molecule has 3 aliphatic rings. The van der Waals surface area contributed by atoms with Crippen LogP contribution in [0.5, 0.6) is 0 Å². The Bertz CT molecular complexity index is 1560. The van der Waals surface area contributed by atoms with Gasteiger partial charge in [-0.15, -0.1) is 0 Å². The molecule has 21 nitrogen and oxygen atoms in total. The van der Waals surface area contributed by atoms with Crippen molar-refractivity contribution in [1.82, 2.24) is 9.80 Å². The van der Waals surface area contributed by atoms with Gasteiger partial charge < -0.3 is 89.0 Å². The number of aliphatic hydroxyl groups excluding tert-OH is 3. The van der Waals surface area contributed by atoms with Gasteiger partial charge >= 0.3 is 47.5 Å². The third-order valence-corrected chi connectivity index (χ3v) is 13.5. The number of hydrogen-bond acceptors (Lipinski definition) is 19. The first-order valence-electron chi connectivity index (χ1n) is 22.3.